The second kappa shape index (κ2) is 5.66. The highest BCUT2D eigenvalue weighted by atomic mass is 19.4. The molecule has 108 valence electrons. The summed E-state index contributed by atoms with van der Waals surface area (Å²) in [5.74, 6) is 0.880. The van der Waals surface area contributed by atoms with Crippen LogP contribution in [0.25, 0.3) is 0 Å². The van der Waals surface area contributed by atoms with E-state index in [2.05, 4.69) is 10.3 Å². The van der Waals surface area contributed by atoms with Gasteiger partial charge in [0, 0.05) is 6.42 Å². The first kappa shape index (κ1) is 14.6. The molecule has 3 nitrogen and oxygen atoms in total. The number of alkyl halides is 3. The third kappa shape index (κ3) is 3.19. The monoisotopic (exact) mass is 284 g/mol. The molecule has 0 aliphatic rings. The maximum Gasteiger partial charge on any atom is 0.416 e. The highest BCUT2D eigenvalue weighted by Crippen LogP contribution is 2.32. The van der Waals surface area contributed by atoms with Gasteiger partial charge in [0.1, 0.15) is 5.76 Å². The van der Waals surface area contributed by atoms with Gasteiger partial charge in [-0.3, -0.25) is 0 Å². The average molecular weight is 284 g/mol. The van der Waals surface area contributed by atoms with Crippen molar-refractivity contribution in [1.29, 1.82) is 0 Å². The Morgan fingerprint density at radius 1 is 1.30 bits per heavy atom. The SMILES string of the molecule is CNC(C)c1cnc(Cc2ccccc2C(F)(F)F)o1. The molecule has 0 bridgehead atoms. The fourth-order valence-electron chi connectivity index (χ4n) is 1.86. The standard InChI is InChI=1S/C14H15F3N2O/c1-9(18-2)12-8-19-13(20-12)7-10-5-3-4-6-11(10)14(15,16)17/h3-6,8-9,18H,7H2,1-2H3. The highest BCUT2D eigenvalue weighted by molar-refractivity contribution is 5.31. The van der Waals surface area contributed by atoms with Crippen molar-refractivity contribution >= 4 is 0 Å². The Balaban J connectivity index is 2.25. The van der Waals surface area contributed by atoms with Crippen LogP contribution < -0.4 is 5.32 Å². The van der Waals surface area contributed by atoms with Crippen molar-refractivity contribution in [3.8, 4) is 0 Å². The molecular weight excluding hydrogens is 269 g/mol. The van der Waals surface area contributed by atoms with Crippen LogP contribution in [0.15, 0.2) is 34.9 Å². The lowest BCUT2D eigenvalue weighted by atomic mass is 10.0. The third-order valence-corrected chi connectivity index (χ3v) is 3.10. The number of nitrogens with zero attached hydrogens (tertiary/aromatic N) is 1. The molecule has 1 atom stereocenters. The molecule has 1 unspecified atom stereocenters. The van der Waals surface area contributed by atoms with E-state index in [1.165, 1.54) is 18.3 Å². The summed E-state index contributed by atoms with van der Waals surface area (Å²) in [5.41, 5.74) is -0.494. The Morgan fingerprint density at radius 3 is 2.65 bits per heavy atom. The molecule has 0 aliphatic heterocycles. The summed E-state index contributed by atoms with van der Waals surface area (Å²) in [6.45, 7) is 1.88. The van der Waals surface area contributed by atoms with Gasteiger partial charge in [-0.15, -0.1) is 0 Å². The Labute approximate surface area is 114 Å². The Kier molecular flexibility index (Phi) is 4.13. The molecule has 6 heteroatoms. The summed E-state index contributed by atoms with van der Waals surface area (Å²) in [4.78, 5) is 4.03. The molecule has 1 aromatic carbocycles. The minimum Gasteiger partial charge on any atom is -0.444 e. The van der Waals surface area contributed by atoms with E-state index in [1.807, 2.05) is 6.92 Å². The Hall–Kier alpha value is -1.82. The average Bonchev–Trinajstić information content (AvgIpc) is 2.86. The summed E-state index contributed by atoms with van der Waals surface area (Å²) in [5, 5.41) is 2.98. The molecule has 0 saturated carbocycles. The summed E-state index contributed by atoms with van der Waals surface area (Å²) in [6.07, 6.45) is -2.82. The van der Waals surface area contributed by atoms with E-state index in [4.69, 9.17) is 4.42 Å². The van der Waals surface area contributed by atoms with Crippen molar-refractivity contribution in [3.05, 3.63) is 53.2 Å². The van der Waals surface area contributed by atoms with Crippen LogP contribution >= 0.6 is 0 Å². The zero-order chi connectivity index (χ0) is 14.8. The number of halogens is 3. The van der Waals surface area contributed by atoms with Crippen molar-refractivity contribution in [2.45, 2.75) is 25.6 Å². The van der Waals surface area contributed by atoms with E-state index in [9.17, 15) is 13.2 Å². The summed E-state index contributed by atoms with van der Waals surface area (Å²) >= 11 is 0. The first-order chi connectivity index (χ1) is 9.41. The zero-order valence-electron chi connectivity index (χ0n) is 11.2. The van der Waals surface area contributed by atoms with E-state index < -0.39 is 11.7 Å². The van der Waals surface area contributed by atoms with E-state index in [1.54, 1.807) is 13.1 Å². The van der Waals surface area contributed by atoms with Crippen molar-refractivity contribution in [2.24, 2.45) is 0 Å². The van der Waals surface area contributed by atoms with Gasteiger partial charge in [0.25, 0.3) is 0 Å². The molecule has 2 rings (SSSR count). The topological polar surface area (TPSA) is 38.1 Å². The van der Waals surface area contributed by atoms with Crippen molar-refractivity contribution in [3.63, 3.8) is 0 Å². The van der Waals surface area contributed by atoms with Crippen LogP contribution in [-0.4, -0.2) is 12.0 Å². The van der Waals surface area contributed by atoms with Crippen LogP contribution in [0.3, 0.4) is 0 Å². The molecule has 1 heterocycles. The number of rotatable bonds is 4. The molecule has 1 aromatic heterocycles. The van der Waals surface area contributed by atoms with Crippen LogP contribution in [0, 0.1) is 0 Å². The number of oxazole rings is 1. The molecule has 0 spiro atoms. The highest BCUT2D eigenvalue weighted by Gasteiger charge is 2.33. The summed E-state index contributed by atoms with van der Waals surface area (Å²) < 4.78 is 44.1. The van der Waals surface area contributed by atoms with Crippen molar-refractivity contribution < 1.29 is 17.6 Å². The maximum atomic E-state index is 12.9. The van der Waals surface area contributed by atoms with E-state index in [0.29, 0.717) is 5.76 Å². The van der Waals surface area contributed by atoms with Gasteiger partial charge in [0.15, 0.2) is 5.89 Å². The van der Waals surface area contributed by atoms with Gasteiger partial charge in [0.2, 0.25) is 0 Å². The molecule has 0 amide bonds. The molecule has 20 heavy (non-hydrogen) atoms. The van der Waals surface area contributed by atoms with Crippen molar-refractivity contribution in [1.82, 2.24) is 10.3 Å². The van der Waals surface area contributed by atoms with Gasteiger partial charge in [-0.05, 0) is 25.6 Å². The fraction of sp³-hybridized carbons (Fsp3) is 0.357. The number of benzene rings is 1. The number of hydrogen-bond donors (Lipinski definition) is 1. The molecule has 2 aromatic rings. The first-order valence-electron chi connectivity index (χ1n) is 6.18. The quantitative estimate of drug-likeness (QED) is 0.932. The largest absolute Gasteiger partial charge is 0.444 e. The number of nitrogens with one attached hydrogen (secondary N) is 1. The van der Waals surface area contributed by atoms with Crippen LogP contribution in [0.1, 0.15) is 35.7 Å². The molecular formula is C14H15F3N2O. The summed E-state index contributed by atoms with van der Waals surface area (Å²) in [7, 11) is 1.77. The van der Waals surface area contributed by atoms with Gasteiger partial charge >= 0.3 is 6.18 Å². The minimum absolute atomic E-state index is 0.0200. The predicted molar refractivity (Wildman–Crippen MR) is 68.2 cm³/mol. The summed E-state index contributed by atoms with van der Waals surface area (Å²) in [6, 6.07) is 5.42. The Bertz CT molecular complexity index is 578. The first-order valence-corrected chi connectivity index (χ1v) is 6.18. The van der Waals surface area contributed by atoms with E-state index in [-0.39, 0.29) is 23.9 Å². The fourth-order valence-corrected chi connectivity index (χ4v) is 1.86. The van der Waals surface area contributed by atoms with Gasteiger partial charge < -0.3 is 9.73 Å². The van der Waals surface area contributed by atoms with Gasteiger partial charge in [-0.1, -0.05) is 18.2 Å². The molecule has 1 N–H and O–H groups in total. The van der Waals surface area contributed by atoms with Crippen LogP contribution in [-0.2, 0) is 12.6 Å². The Morgan fingerprint density at radius 2 is 2.00 bits per heavy atom. The van der Waals surface area contributed by atoms with E-state index in [0.717, 1.165) is 6.07 Å². The van der Waals surface area contributed by atoms with Crippen LogP contribution in [0.4, 0.5) is 13.2 Å². The van der Waals surface area contributed by atoms with Crippen LogP contribution in [0.2, 0.25) is 0 Å². The maximum absolute atomic E-state index is 12.9. The lowest BCUT2D eigenvalue weighted by Gasteiger charge is -2.11. The zero-order valence-corrected chi connectivity index (χ0v) is 11.2. The van der Waals surface area contributed by atoms with E-state index >= 15 is 0 Å². The van der Waals surface area contributed by atoms with Crippen LogP contribution in [0.5, 0.6) is 0 Å². The molecule has 0 fully saturated rings. The normalized spacial score (nSPS) is 13.4. The lowest BCUT2D eigenvalue weighted by Crippen LogP contribution is -2.11. The molecule has 0 aliphatic carbocycles. The minimum atomic E-state index is -4.37. The predicted octanol–water partition coefficient (Wildman–Crippen LogP) is 3.56. The lowest BCUT2D eigenvalue weighted by molar-refractivity contribution is -0.138. The smallest absolute Gasteiger partial charge is 0.416 e. The second-order valence-electron chi connectivity index (χ2n) is 4.50. The van der Waals surface area contributed by atoms with Gasteiger partial charge in [0.05, 0.1) is 17.8 Å². The molecule has 0 radical (unpaired) electrons. The van der Waals surface area contributed by atoms with Gasteiger partial charge in [-0.25, -0.2) is 4.98 Å². The second-order valence-corrected chi connectivity index (χ2v) is 4.50. The third-order valence-electron chi connectivity index (χ3n) is 3.10. The number of aromatic nitrogens is 1. The van der Waals surface area contributed by atoms with Gasteiger partial charge in [-0.2, -0.15) is 13.2 Å². The van der Waals surface area contributed by atoms with Crippen molar-refractivity contribution in [2.75, 3.05) is 7.05 Å². The molecule has 0 saturated heterocycles. The number of hydrogen-bond acceptors (Lipinski definition) is 3.